The molecule has 6 nitrogen and oxygen atoms in total. The molecular weight excluding hydrogens is 274 g/mol. The van der Waals surface area contributed by atoms with Gasteiger partial charge in [-0.2, -0.15) is 0 Å². The molecule has 0 bridgehead atoms. The quantitative estimate of drug-likeness (QED) is 0.849. The first kappa shape index (κ1) is 15.2. The van der Waals surface area contributed by atoms with Crippen LogP contribution in [0.15, 0.2) is 6.07 Å². The standard InChI is InChI=1S/C15H19NO5/c1-9-10(8-17)11(16-14(18)21-15(2,3)4)7-12-13(9)20-6-5-19-12/h7-8H,5-6H2,1-4H3,(H,16,18). The number of nitrogens with one attached hydrogen (secondary N) is 1. The predicted octanol–water partition coefficient (Wildman–Crippen LogP) is 2.93. The smallest absolute Gasteiger partial charge is 0.412 e. The fourth-order valence-corrected chi connectivity index (χ4v) is 2.03. The summed E-state index contributed by atoms with van der Waals surface area (Å²) in [7, 11) is 0. The van der Waals surface area contributed by atoms with E-state index >= 15 is 0 Å². The number of rotatable bonds is 2. The Hall–Kier alpha value is -2.24. The fourth-order valence-electron chi connectivity index (χ4n) is 2.03. The topological polar surface area (TPSA) is 73.9 Å². The first-order valence-electron chi connectivity index (χ1n) is 6.70. The number of anilines is 1. The highest BCUT2D eigenvalue weighted by atomic mass is 16.6. The van der Waals surface area contributed by atoms with E-state index in [-0.39, 0.29) is 0 Å². The van der Waals surface area contributed by atoms with Crippen LogP contribution in [0.1, 0.15) is 36.7 Å². The van der Waals surface area contributed by atoms with Crippen LogP contribution in [0.25, 0.3) is 0 Å². The maximum atomic E-state index is 11.9. The molecule has 0 spiro atoms. The first-order chi connectivity index (χ1) is 9.81. The van der Waals surface area contributed by atoms with E-state index in [0.29, 0.717) is 47.8 Å². The molecule has 0 aromatic heterocycles. The molecule has 114 valence electrons. The third kappa shape index (κ3) is 3.45. The highest BCUT2D eigenvalue weighted by Gasteiger charge is 2.23. The van der Waals surface area contributed by atoms with Gasteiger partial charge in [-0.3, -0.25) is 10.1 Å². The maximum Gasteiger partial charge on any atom is 0.412 e. The van der Waals surface area contributed by atoms with Gasteiger partial charge in [0.2, 0.25) is 0 Å². The second kappa shape index (κ2) is 5.63. The van der Waals surface area contributed by atoms with Gasteiger partial charge in [-0.1, -0.05) is 0 Å². The molecule has 1 aromatic rings. The molecule has 0 fully saturated rings. The van der Waals surface area contributed by atoms with Crippen LogP contribution in [0.2, 0.25) is 0 Å². The van der Waals surface area contributed by atoms with Crippen LogP contribution in [0.5, 0.6) is 11.5 Å². The van der Waals surface area contributed by atoms with Crippen LogP contribution < -0.4 is 14.8 Å². The van der Waals surface area contributed by atoms with Crippen molar-refractivity contribution in [1.82, 2.24) is 0 Å². The lowest BCUT2D eigenvalue weighted by molar-refractivity contribution is 0.0636. The van der Waals surface area contributed by atoms with Crippen LogP contribution in [0.3, 0.4) is 0 Å². The van der Waals surface area contributed by atoms with Gasteiger partial charge < -0.3 is 14.2 Å². The molecule has 0 atom stereocenters. The molecule has 1 aromatic carbocycles. The van der Waals surface area contributed by atoms with E-state index in [1.165, 1.54) is 0 Å². The Bertz CT molecular complexity index is 574. The number of carbonyl (C=O) groups is 2. The number of amides is 1. The Morgan fingerprint density at radius 3 is 2.62 bits per heavy atom. The van der Waals surface area contributed by atoms with Gasteiger partial charge in [-0.15, -0.1) is 0 Å². The summed E-state index contributed by atoms with van der Waals surface area (Å²) in [5.41, 5.74) is 0.716. The summed E-state index contributed by atoms with van der Waals surface area (Å²) in [6.45, 7) is 7.91. The zero-order valence-corrected chi connectivity index (χ0v) is 12.6. The van der Waals surface area contributed by atoms with Crippen molar-refractivity contribution < 1.29 is 23.8 Å². The molecule has 0 aliphatic carbocycles. The lowest BCUT2D eigenvalue weighted by Crippen LogP contribution is -2.27. The minimum Gasteiger partial charge on any atom is -0.486 e. The molecule has 6 heteroatoms. The molecule has 1 aliphatic heterocycles. The van der Waals surface area contributed by atoms with Gasteiger partial charge in [-0.05, 0) is 27.7 Å². The summed E-state index contributed by atoms with van der Waals surface area (Å²) in [4.78, 5) is 23.2. The van der Waals surface area contributed by atoms with Crippen molar-refractivity contribution in [2.24, 2.45) is 0 Å². The zero-order chi connectivity index (χ0) is 15.6. The van der Waals surface area contributed by atoms with Crippen molar-refractivity contribution in [3.8, 4) is 11.5 Å². The van der Waals surface area contributed by atoms with Crippen LogP contribution in [-0.2, 0) is 4.74 Å². The molecule has 1 N–H and O–H groups in total. The largest absolute Gasteiger partial charge is 0.486 e. The normalized spacial score (nSPS) is 13.5. The molecule has 0 saturated heterocycles. The number of benzene rings is 1. The number of aldehydes is 1. The van der Waals surface area contributed by atoms with E-state index in [1.807, 2.05) is 0 Å². The van der Waals surface area contributed by atoms with Crippen LogP contribution in [-0.4, -0.2) is 31.2 Å². The Labute approximate surface area is 123 Å². The number of fused-ring (bicyclic) bond motifs is 1. The molecule has 1 heterocycles. The van der Waals surface area contributed by atoms with Crippen LogP contribution in [0, 0.1) is 6.92 Å². The van der Waals surface area contributed by atoms with Gasteiger partial charge in [0.15, 0.2) is 17.8 Å². The highest BCUT2D eigenvalue weighted by Crippen LogP contribution is 2.39. The molecular formula is C15H19NO5. The zero-order valence-electron chi connectivity index (χ0n) is 12.6. The van der Waals surface area contributed by atoms with Gasteiger partial charge in [0.05, 0.1) is 5.69 Å². The molecule has 0 unspecified atom stereocenters. The molecule has 1 aliphatic rings. The first-order valence-corrected chi connectivity index (χ1v) is 6.70. The minimum absolute atomic E-state index is 0.348. The van der Waals surface area contributed by atoms with E-state index in [9.17, 15) is 9.59 Å². The summed E-state index contributed by atoms with van der Waals surface area (Å²) in [5.74, 6) is 1.05. The summed E-state index contributed by atoms with van der Waals surface area (Å²) in [6.07, 6.45) is 0.0574. The minimum atomic E-state index is -0.623. The van der Waals surface area contributed by atoms with Crippen molar-refractivity contribution in [1.29, 1.82) is 0 Å². The Kier molecular flexibility index (Phi) is 4.06. The van der Waals surface area contributed by atoms with Gasteiger partial charge in [-0.25, -0.2) is 4.79 Å². The summed E-state index contributed by atoms with van der Waals surface area (Å²) >= 11 is 0. The van der Waals surface area contributed by atoms with Crippen molar-refractivity contribution in [3.63, 3.8) is 0 Å². The second-order valence-electron chi connectivity index (χ2n) is 5.73. The second-order valence-corrected chi connectivity index (χ2v) is 5.73. The third-order valence-electron chi connectivity index (χ3n) is 2.87. The molecule has 21 heavy (non-hydrogen) atoms. The maximum absolute atomic E-state index is 11.9. The lowest BCUT2D eigenvalue weighted by atomic mass is 10.1. The Morgan fingerprint density at radius 1 is 1.33 bits per heavy atom. The number of hydrogen-bond acceptors (Lipinski definition) is 5. The van der Waals surface area contributed by atoms with Crippen LogP contribution in [0.4, 0.5) is 10.5 Å². The van der Waals surface area contributed by atoms with E-state index in [1.54, 1.807) is 33.8 Å². The summed E-state index contributed by atoms with van der Waals surface area (Å²) in [6, 6.07) is 1.58. The number of hydrogen-bond donors (Lipinski definition) is 1. The number of carbonyl (C=O) groups excluding carboxylic acids is 2. The fraction of sp³-hybridized carbons (Fsp3) is 0.467. The van der Waals surface area contributed by atoms with Gasteiger partial charge in [0, 0.05) is 17.2 Å². The highest BCUT2D eigenvalue weighted by molar-refractivity contribution is 5.96. The average Bonchev–Trinajstić information content (AvgIpc) is 2.37. The molecule has 0 radical (unpaired) electrons. The van der Waals surface area contributed by atoms with Crippen molar-refractivity contribution in [2.45, 2.75) is 33.3 Å². The monoisotopic (exact) mass is 293 g/mol. The average molecular weight is 293 g/mol. The SMILES string of the molecule is Cc1c(C=O)c(NC(=O)OC(C)(C)C)cc2c1OCCO2. The summed E-state index contributed by atoms with van der Waals surface area (Å²) < 4.78 is 16.2. The molecule has 2 rings (SSSR count). The van der Waals surface area contributed by atoms with Gasteiger partial charge >= 0.3 is 6.09 Å². The van der Waals surface area contributed by atoms with E-state index < -0.39 is 11.7 Å². The molecule has 0 saturated carbocycles. The summed E-state index contributed by atoms with van der Waals surface area (Å²) in [5, 5.41) is 2.58. The van der Waals surface area contributed by atoms with E-state index in [2.05, 4.69) is 5.32 Å². The Morgan fingerprint density at radius 2 is 2.00 bits per heavy atom. The van der Waals surface area contributed by atoms with Gasteiger partial charge in [0.25, 0.3) is 0 Å². The van der Waals surface area contributed by atoms with E-state index in [0.717, 1.165) is 0 Å². The predicted molar refractivity (Wildman–Crippen MR) is 77.4 cm³/mol. The number of ether oxygens (including phenoxy) is 3. The lowest BCUT2D eigenvalue weighted by Gasteiger charge is -2.24. The van der Waals surface area contributed by atoms with Gasteiger partial charge in [0.1, 0.15) is 18.8 Å². The molecule has 1 amide bonds. The van der Waals surface area contributed by atoms with E-state index in [4.69, 9.17) is 14.2 Å². The van der Waals surface area contributed by atoms with Crippen molar-refractivity contribution in [2.75, 3.05) is 18.5 Å². The van der Waals surface area contributed by atoms with Crippen molar-refractivity contribution >= 4 is 18.1 Å². The Balaban J connectivity index is 2.33. The third-order valence-corrected chi connectivity index (χ3v) is 2.87. The van der Waals surface area contributed by atoms with Crippen LogP contribution >= 0.6 is 0 Å². The van der Waals surface area contributed by atoms with Crippen molar-refractivity contribution in [3.05, 3.63) is 17.2 Å².